The highest BCUT2D eigenvalue weighted by atomic mass is 16.5. The van der Waals surface area contributed by atoms with Crippen molar-refractivity contribution in [2.24, 2.45) is 0 Å². The number of carbonyl (C=O) groups is 2. The normalized spacial score (nSPS) is 20.6. The van der Waals surface area contributed by atoms with Crippen LogP contribution in [0.4, 0.5) is 5.69 Å². The summed E-state index contributed by atoms with van der Waals surface area (Å²) in [7, 11) is 0. The molecule has 2 aliphatic rings. The molecule has 2 heterocycles. The number of fused-ring (bicyclic) bond motifs is 1. The minimum atomic E-state index is -0.524. The predicted molar refractivity (Wildman–Crippen MR) is 110 cm³/mol. The third-order valence-corrected chi connectivity index (χ3v) is 5.52. The number of likely N-dealkylation sites (N-methyl/N-ethyl adjacent to an activating group) is 1. The maximum Gasteiger partial charge on any atom is 0.268 e. The van der Waals surface area contributed by atoms with E-state index in [1.54, 1.807) is 4.90 Å². The van der Waals surface area contributed by atoms with Crippen molar-refractivity contribution < 1.29 is 14.3 Å². The van der Waals surface area contributed by atoms with E-state index in [4.69, 9.17) is 4.74 Å². The summed E-state index contributed by atoms with van der Waals surface area (Å²) in [5.74, 6) is 0.383. The Hall–Kier alpha value is -2.12. The lowest BCUT2D eigenvalue weighted by Gasteiger charge is -2.34. The highest BCUT2D eigenvalue weighted by Crippen LogP contribution is 2.34. The molecule has 28 heavy (non-hydrogen) atoms. The van der Waals surface area contributed by atoms with Crippen LogP contribution < -0.4 is 15.0 Å². The van der Waals surface area contributed by atoms with Crippen molar-refractivity contribution in [2.45, 2.75) is 32.8 Å². The highest BCUT2D eigenvalue weighted by Gasteiger charge is 2.34. The fraction of sp³-hybridized carbons (Fsp3) is 0.619. The number of ether oxygens (including phenoxy) is 1. The topological polar surface area (TPSA) is 65.1 Å². The molecule has 1 N–H and O–H groups in total. The second kappa shape index (κ2) is 9.89. The van der Waals surface area contributed by atoms with Gasteiger partial charge in [0.25, 0.3) is 5.91 Å². The number of para-hydroxylation sites is 2. The molecule has 1 saturated heterocycles. The second-order valence-corrected chi connectivity index (χ2v) is 7.39. The van der Waals surface area contributed by atoms with Gasteiger partial charge in [-0.1, -0.05) is 26.0 Å². The molecule has 0 spiro atoms. The summed E-state index contributed by atoms with van der Waals surface area (Å²) in [6, 6.07) is 7.39. The van der Waals surface area contributed by atoms with Crippen LogP contribution in [0, 0.1) is 0 Å². The Bertz CT molecular complexity index is 673. The summed E-state index contributed by atoms with van der Waals surface area (Å²) in [6.45, 7) is 11.3. The molecule has 1 aromatic rings. The van der Waals surface area contributed by atoms with Crippen molar-refractivity contribution in [3.05, 3.63) is 24.3 Å². The second-order valence-electron chi connectivity index (χ2n) is 7.39. The number of anilines is 1. The van der Waals surface area contributed by atoms with Crippen molar-refractivity contribution >= 4 is 17.5 Å². The summed E-state index contributed by atoms with van der Waals surface area (Å²) < 4.78 is 5.75. The number of carbonyl (C=O) groups excluding carboxylic acids is 2. The SMILES string of the molecule is CC[C@H]1Oc2ccccc2N(CC(=O)NCCCN2CCN(CC)CC2)C1=O. The van der Waals surface area contributed by atoms with Crippen LogP contribution in [0.5, 0.6) is 5.75 Å². The molecule has 0 radical (unpaired) electrons. The van der Waals surface area contributed by atoms with Crippen LogP contribution in [-0.2, 0) is 9.59 Å². The van der Waals surface area contributed by atoms with Crippen molar-refractivity contribution in [3.63, 3.8) is 0 Å². The van der Waals surface area contributed by atoms with E-state index in [2.05, 4.69) is 22.0 Å². The average Bonchev–Trinajstić information content (AvgIpc) is 2.73. The van der Waals surface area contributed by atoms with E-state index in [1.165, 1.54) is 0 Å². The van der Waals surface area contributed by atoms with Gasteiger partial charge in [0.15, 0.2) is 6.10 Å². The molecule has 2 amide bonds. The Kier molecular flexibility index (Phi) is 7.28. The number of rotatable bonds is 8. The van der Waals surface area contributed by atoms with E-state index in [-0.39, 0.29) is 18.4 Å². The number of nitrogens with zero attached hydrogens (tertiary/aromatic N) is 3. The maximum atomic E-state index is 12.7. The van der Waals surface area contributed by atoms with Crippen molar-refractivity contribution in [2.75, 3.05) is 57.3 Å². The number of hydrogen-bond donors (Lipinski definition) is 1. The molecule has 0 aromatic heterocycles. The minimum Gasteiger partial charge on any atom is -0.478 e. The first kappa shape index (κ1) is 20.6. The van der Waals surface area contributed by atoms with Crippen LogP contribution in [0.2, 0.25) is 0 Å². The molecule has 7 heteroatoms. The molecule has 2 aliphatic heterocycles. The largest absolute Gasteiger partial charge is 0.478 e. The molecule has 1 aromatic carbocycles. The van der Waals surface area contributed by atoms with Gasteiger partial charge in [0.05, 0.1) is 5.69 Å². The lowest BCUT2D eigenvalue weighted by Crippen LogP contribution is -2.50. The zero-order valence-corrected chi connectivity index (χ0v) is 17.0. The Morgan fingerprint density at radius 2 is 1.86 bits per heavy atom. The zero-order valence-electron chi connectivity index (χ0n) is 17.0. The van der Waals surface area contributed by atoms with Crippen molar-refractivity contribution in [1.29, 1.82) is 0 Å². The monoisotopic (exact) mass is 388 g/mol. The molecule has 0 aliphatic carbocycles. The number of hydrogen-bond acceptors (Lipinski definition) is 5. The third kappa shape index (κ3) is 5.02. The third-order valence-electron chi connectivity index (χ3n) is 5.52. The van der Waals surface area contributed by atoms with Crippen LogP contribution in [0.25, 0.3) is 0 Å². The van der Waals surface area contributed by atoms with Crippen molar-refractivity contribution in [1.82, 2.24) is 15.1 Å². The lowest BCUT2D eigenvalue weighted by molar-refractivity contribution is -0.129. The first-order valence-electron chi connectivity index (χ1n) is 10.4. The van der Waals surface area contributed by atoms with E-state index in [0.29, 0.717) is 24.4 Å². The molecule has 3 rings (SSSR count). The first-order valence-corrected chi connectivity index (χ1v) is 10.4. The van der Waals surface area contributed by atoms with Crippen LogP contribution in [0.1, 0.15) is 26.7 Å². The van der Waals surface area contributed by atoms with E-state index in [9.17, 15) is 9.59 Å². The smallest absolute Gasteiger partial charge is 0.268 e. The molecular weight excluding hydrogens is 356 g/mol. The van der Waals surface area contributed by atoms with Gasteiger partial charge in [-0.15, -0.1) is 0 Å². The maximum absolute atomic E-state index is 12.7. The van der Waals surface area contributed by atoms with Crippen LogP contribution in [0.3, 0.4) is 0 Å². The first-order chi connectivity index (χ1) is 13.6. The van der Waals surface area contributed by atoms with Crippen molar-refractivity contribution in [3.8, 4) is 5.75 Å². The molecule has 7 nitrogen and oxygen atoms in total. The molecule has 0 bridgehead atoms. The van der Waals surface area contributed by atoms with Gasteiger partial charge in [-0.05, 0) is 38.1 Å². The average molecular weight is 389 g/mol. The molecular formula is C21H32N4O3. The zero-order chi connectivity index (χ0) is 19.9. The Morgan fingerprint density at radius 1 is 1.14 bits per heavy atom. The Labute approximate surface area is 167 Å². The summed E-state index contributed by atoms with van der Waals surface area (Å²) in [4.78, 5) is 31.5. The summed E-state index contributed by atoms with van der Waals surface area (Å²) in [5.41, 5.74) is 0.668. The number of benzene rings is 1. The van der Waals surface area contributed by atoms with Crippen LogP contribution in [0.15, 0.2) is 24.3 Å². The lowest BCUT2D eigenvalue weighted by atomic mass is 10.1. The van der Waals surface area contributed by atoms with E-state index < -0.39 is 6.10 Å². The molecule has 1 fully saturated rings. The van der Waals surface area contributed by atoms with E-state index in [0.717, 1.165) is 45.7 Å². The Balaban J connectivity index is 1.45. The van der Waals surface area contributed by atoms with Gasteiger partial charge < -0.3 is 19.9 Å². The highest BCUT2D eigenvalue weighted by molar-refractivity contribution is 6.03. The molecule has 1 atom stereocenters. The van der Waals surface area contributed by atoms with E-state index >= 15 is 0 Å². The van der Waals surface area contributed by atoms with Gasteiger partial charge in [0.2, 0.25) is 5.91 Å². The standard InChI is InChI=1S/C21H32N4O3/c1-3-18-21(27)25(17-8-5-6-9-19(17)28-18)16-20(26)22-10-7-11-24-14-12-23(4-2)13-15-24/h5-6,8-9,18H,3-4,7,10-16H2,1-2H3,(H,22,26)/t18-/m1/s1. The molecule has 0 unspecified atom stereocenters. The molecule has 0 saturated carbocycles. The quantitative estimate of drug-likeness (QED) is 0.681. The molecule has 154 valence electrons. The fourth-order valence-corrected chi connectivity index (χ4v) is 3.76. The van der Waals surface area contributed by atoms with Gasteiger partial charge in [-0.3, -0.25) is 14.5 Å². The number of nitrogens with one attached hydrogen (secondary N) is 1. The summed E-state index contributed by atoms with van der Waals surface area (Å²) in [5, 5.41) is 2.96. The number of amides is 2. The minimum absolute atomic E-state index is 0.0326. The summed E-state index contributed by atoms with van der Waals surface area (Å²) in [6.07, 6.45) is 0.976. The van der Waals surface area contributed by atoms with Gasteiger partial charge in [0, 0.05) is 32.7 Å². The van der Waals surface area contributed by atoms with E-state index in [1.807, 2.05) is 31.2 Å². The summed E-state index contributed by atoms with van der Waals surface area (Å²) >= 11 is 0. The van der Waals surface area contributed by atoms with Crippen LogP contribution in [-0.4, -0.2) is 80.1 Å². The van der Waals surface area contributed by atoms with Gasteiger partial charge in [0.1, 0.15) is 12.3 Å². The van der Waals surface area contributed by atoms with Gasteiger partial charge >= 0.3 is 0 Å². The fourth-order valence-electron chi connectivity index (χ4n) is 3.76. The van der Waals surface area contributed by atoms with Gasteiger partial charge in [-0.25, -0.2) is 0 Å². The van der Waals surface area contributed by atoms with Crippen LogP contribution >= 0.6 is 0 Å². The van der Waals surface area contributed by atoms with Gasteiger partial charge in [-0.2, -0.15) is 0 Å². The number of piperazine rings is 1. The predicted octanol–water partition coefficient (Wildman–Crippen LogP) is 1.33. The Morgan fingerprint density at radius 3 is 2.57 bits per heavy atom.